The second-order valence-electron chi connectivity index (χ2n) is 3.10. The minimum Gasteiger partial charge on any atom is -0.270 e. The number of hydrogen-bond acceptors (Lipinski definition) is 1. The van der Waals surface area contributed by atoms with E-state index in [-0.39, 0.29) is 0 Å². The van der Waals surface area contributed by atoms with Crippen LogP contribution in [0.5, 0.6) is 0 Å². The van der Waals surface area contributed by atoms with Gasteiger partial charge in [0, 0.05) is 23.8 Å². The summed E-state index contributed by atoms with van der Waals surface area (Å²) in [6, 6.07) is 2.10. The number of aromatic nitrogens is 2. The molecular formula is C9H15BrN2. The maximum atomic E-state index is 4.22. The largest absolute Gasteiger partial charge is 0.270 e. The molecule has 1 atom stereocenters. The maximum Gasteiger partial charge on any atom is 0.0492 e. The Morgan fingerprint density at radius 3 is 3.00 bits per heavy atom. The molecule has 2 nitrogen and oxygen atoms in total. The van der Waals surface area contributed by atoms with Gasteiger partial charge in [-0.25, -0.2) is 0 Å². The van der Waals surface area contributed by atoms with E-state index in [1.54, 1.807) is 0 Å². The minimum atomic E-state index is 0.687. The fraction of sp³-hybridized carbons (Fsp3) is 0.667. The number of alkyl halides is 1. The van der Waals surface area contributed by atoms with Gasteiger partial charge in [-0.05, 0) is 25.3 Å². The molecule has 0 aliphatic carbocycles. The highest BCUT2D eigenvalue weighted by atomic mass is 79.9. The van der Waals surface area contributed by atoms with Crippen LogP contribution >= 0.6 is 15.9 Å². The van der Waals surface area contributed by atoms with E-state index < -0.39 is 0 Å². The van der Waals surface area contributed by atoms with E-state index in [1.807, 2.05) is 6.20 Å². The third-order valence-corrected chi connectivity index (χ3v) is 3.03. The van der Waals surface area contributed by atoms with Gasteiger partial charge < -0.3 is 0 Å². The van der Waals surface area contributed by atoms with Crippen molar-refractivity contribution in [1.29, 1.82) is 0 Å². The molecular weight excluding hydrogens is 216 g/mol. The molecule has 0 saturated heterocycles. The van der Waals surface area contributed by atoms with E-state index in [4.69, 9.17) is 0 Å². The van der Waals surface area contributed by atoms with Crippen molar-refractivity contribution in [3.63, 3.8) is 0 Å². The van der Waals surface area contributed by atoms with Gasteiger partial charge >= 0.3 is 0 Å². The van der Waals surface area contributed by atoms with Crippen LogP contribution in [-0.4, -0.2) is 15.1 Å². The summed E-state index contributed by atoms with van der Waals surface area (Å²) < 4.78 is 2.05. The molecule has 0 bridgehead atoms. The molecule has 0 aliphatic heterocycles. The molecule has 0 fully saturated rings. The lowest BCUT2D eigenvalue weighted by Gasteiger charge is -2.08. The van der Waals surface area contributed by atoms with Gasteiger partial charge in [0.2, 0.25) is 0 Å². The van der Waals surface area contributed by atoms with Gasteiger partial charge in [-0.3, -0.25) is 4.68 Å². The summed E-state index contributed by atoms with van der Waals surface area (Å²) in [6.45, 7) is 5.33. The predicted octanol–water partition coefficient (Wildman–Crippen LogP) is 2.48. The Morgan fingerprint density at radius 2 is 2.42 bits per heavy atom. The van der Waals surface area contributed by atoms with Crippen molar-refractivity contribution in [2.75, 3.05) is 5.33 Å². The van der Waals surface area contributed by atoms with Crippen LogP contribution in [0.2, 0.25) is 0 Å². The Kier molecular flexibility index (Phi) is 3.79. The molecule has 0 spiro atoms. The molecule has 0 amide bonds. The van der Waals surface area contributed by atoms with Gasteiger partial charge in [-0.15, -0.1) is 0 Å². The number of hydrogen-bond donors (Lipinski definition) is 0. The lowest BCUT2D eigenvalue weighted by atomic mass is 10.1. The first kappa shape index (κ1) is 9.78. The number of nitrogens with zero attached hydrogens (tertiary/aromatic N) is 2. The zero-order chi connectivity index (χ0) is 8.97. The molecule has 1 rings (SSSR count). The van der Waals surface area contributed by atoms with Crippen molar-refractivity contribution >= 4 is 15.9 Å². The van der Waals surface area contributed by atoms with Gasteiger partial charge in [-0.1, -0.05) is 22.9 Å². The molecule has 1 aromatic rings. The summed E-state index contributed by atoms with van der Waals surface area (Å²) in [5, 5.41) is 5.28. The normalized spacial score (nSPS) is 13.2. The lowest BCUT2D eigenvalue weighted by molar-refractivity contribution is 0.569. The van der Waals surface area contributed by atoms with E-state index in [0.717, 1.165) is 18.3 Å². The first-order valence-corrected chi connectivity index (χ1v) is 5.46. The topological polar surface area (TPSA) is 17.8 Å². The van der Waals surface area contributed by atoms with Crippen LogP contribution in [0.1, 0.15) is 19.5 Å². The standard InChI is InChI=1S/C9H15BrN2/c1-3-12-9(4-5-11-12)6-8(2)7-10/h4-5,8H,3,6-7H2,1-2H3. The van der Waals surface area contributed by atoms with Crippen LogP contribution in [-0.2, 0) is 13.0 Å². The Balaban J connectivity index is 2.61. The Labute approximate surface area is 82.1 Å². The van der Waals surface area contributed by atoms with Crippen molar-refractivity contribution in [3.05, 3.63) is 18.0 Å². The third-order valence-electron chi connectivity index (χ3n) is 1.93. The van der Waals surface area contributed by atoms with Gasteiger partial charge in [0.1, 0.15) is 0 Å². The number of aryl methyl sites for hydroxylation is 1. The summed E-state index contributed by atoms with van der Waals surface area (Å²) >= 11 is 3.48. The molecule has 12 heavy (non-hydrogen) atoms. The SMILES string of the molecule is CCn1nccc1CC(C)CBr. The zero-order valence-electron chi connectivity index (χ0n) is 7.63. The van der Waals surface area contributed by atoms with E-state index >= 15 is 0 Å². The first-order chi connectivity index (χ1) is 5.77. The molecule has 0 saturated carbocycles. The molecule has 0 aromatic carbocycles. The average molecular weight is 231 g/mol. The zero-order valence-corrected chi connectivity index (χ0v) is 9.21. The van der Waals surface area contributed by atoms with E-state index in [9.17, 15) is 0 Å². The van der Waals surface area contributed by atoms with E-state index in [1.165, 1.54) is 5.69 Å². The Morgan fingerprint density at radius 1 is 1.67 bits per heavy atom. The highest BCUT2D eigenvalue weighted by Crippen LogP contribution is 2.09. The molecule has 1 unspecified atom stereocenters. The van der Waals surface area contributed by atoms with Gasteiger partial charge in [0.05, 0.1) is 0 Å². The van der Waals surface area contributed by atoms with Crippen LogP contribution in [0, 0.1) is 5.92 Å². The predicted molar refractivity (Wildman–Crippen MR) is 54.6 cm³/mol. The van der Waals surface area contributed by atoms with Crippen LogP contribution in [0.4, 0.5) is 0 Å². The lowest BCUT2D eigenvalue weighted by Crippen LogP contribution is -2.08. The Bertz CT molecular complexity index is 232. The highest BCUT2D eigenvalue weighted by Gasteiger charge is 2.05. The van der Waals surface area contributed by atoms with Crippen LogP contribution in [0.25, 0.3) is 0 Å². The van der Waals surface area contributed by atoms with Crippen molar-refractivity contribution in [2.45, 2.75) is 26.8 Å². The summed E-state index contributed by atoms with van der Waals surface area (Å²) in [7, 11) is 0. The molecule has 0 N–H and O–H groups in total. The molecule has 0 radical (unpaired) electrons. The third kappa shape index (κ3) is 2.34. The molecule has 0 aliphatic rings. The van der Waals surface area contributed by atoms with E-state index in [0.29, 0.717) is 5.92 Å². The fourth-order valence-corrected chi connectivity index (χ4v) is 1.46. The first-order valence-electron chi connectivity index (χ1n) is 4.34. The fourth-order valence-electron chi connectivity index (χ4n) is 1.23. The van der Waals surface area contributed by atoms with Gasteiger partial charge in [0.25, 0.3) is 0 Å². The van der Waals surface area contributed by atoms with E-state index in [2.05, 4.69) is 45.6 Å². The Hall–Kier alpha value is -0.310. The van der Waals surface area contributed by atoms with Crippen molar-refractivity contribution in [3.8, 4) is 0 Å². The van der Waals surface area contributed by atoms with Gasteiger partial charge in [0.15, 0.2) is 0 Å². The highest BCUT2D eigenvalue weighted by molar-refractivity contribution is 9.09. The summed E-state index contributed by atoms with van der Waals surface area (Å²) in [5.41, 5.74) is 1.34. The van der Waals surface area contributed by atoms with Crippen molar-refractivity contribution < 1.29 is 0 Å². The smallest absolute Gasteiger partial charge is 0.0492 e. The summed E-state index contributed by atoms with van der Waals surface area (Å²) in [5.74, 6) is 0.687. The average Bonchev–Trinajstić information content (AvgIpc) is 2.51. The van der Waals surface area contributed by atoms with Crippen molar-refractivity contribution in [1.82, 2.24) is 9.78 Å². The minimum absolute atomic E-state index is 0.687. The van der Waals surface area contributed by atoms with Crippen LogP contribution in [0.15, 0.2) is 12.3 Å². The summed E-state index contributed by atoms with van der Waals surface area (Å²) in [4.78, 5) is 0. The molecule has 3 heteroatoms. The number of halogens is 1. The monoisotopic (exact) mass is 230 g/mol. The summed E-state index contributed by atoms with van der Waals surface area (Å²) in [6.07, 6.45) is 2.98. The van der Waals surface area contributed by atoms with Crippen LogP contribution < -0.4 is 0 Å². The molecule has 1 aromatic heterocycles. The second kappa shape index (κ2) is 4.65. The maximum absolute atomic E-state index is 4.22. The van der Waals surface area contributed by atoms with Crippen LogP contribution in [0.3, 0.4) is 0 Å². The molecule has 1 heterocycles. The quantitative estimate of drug-likeness (QED) is 0.728. The van der Waals surface area contributed by atoms with Crippen molar-refractivity contribution in [2.24, 2.45) is 5.92 Å². The van der Waals surface area contributed by atoms with Gasteiger partial charge in [-0.2, -0.15) is 5.10 Å². The second-order valence-corrected chi connectivity index (χ2v) is 3.75. The number of rotatable bonds is 4. The molecule has 68 valence electrons.